The summed E-state index contributed by atoms with van der Waals surface area (Å²) in [5, 5.41) is 16.9. The number of carbonyl (C=O) groups is 1. The second-order valence-corrected chi connectivity index (χ2v) is 3.35. The fourth-order valence-electron chi connectivity index (χ4n) is 1.23. The average Bonchev–Trinajstić information content (AvgIpc) is 2.39. The first kappa shape index (κ1) is 13.7. The molecule has 0 aliphatic heterocycles. The molecule has 1 heterocycles. The van der Waals surface area contributed by atoms with Crippen molar-refractivity contribution >= 4 is 17.5 Å². The van der Waals surface area contributed by atoms with Gasteiger partial charge in [0.1, 0.15) is 11.9 Å². The monoisotopic (exact) mass is 249 g/mol. The van der Waals surface area contributed by atoms with Gasteiger partial charge in [-0.15, -0.1) is 0 Å². The molecule has 0 fully saturated rings. The van der Waals surface area contributed by atoms with E-state index >= 15 is 0 Å². The number of hydrogen-bond acceptors (Lipinski definition) is 5. The summed E-state index contributed by atoms with van der Waals surface area (Å²) in [4.78, 5) is 15.1. The SMILES string of the molecule is CNC(=O)Nc1cc(NCCOC)c(C#N)cn1. The van der Waals surface area contributed by atoms with E-state index in [-0.39, 0.29) is 6.03 Å². The Morgan fingerprint density at radius 1 is 1.61 bits per heavy atom. The molecule has 7 heteroatoms. The molecule has 1 aromatic rings. The molecule has 0 unspecified atom stereocenters. The number of pyridine rings is 1. The highest BCUT2D eigenvalue weighted by atomic mass is 16.5. The van der Waals surface area contributed by atoms with Gasteiger partial charge in [0.25, 0.3) is 0 Å². The summed E-state index contributed by atoms with van der Waals surface area (Å²) in [5.74, 6) is 0.369. The molecular formula is C11H15N5O2. The zero-order valence-corrected chi connectivity index (χ0v) is 10.3. The van der Waals surface area contributed by atoms with E-state index in [4.69, 9.17) is 10.00 Å². The van der Waals surface area contributed by atoms with Crippen LogP contribution in [0.15, 0.2) is 12.3 Å². The molecule has 96 valence electrons. The molecule has 3 N–H and O–H groups in total. The Labute approximate surface area is 105 Å². The van der Waals surface area contributed by atoms with Crippen LogP contribution in [0.1, 0.15) is 5.56 Å². The van der Waals surface area contributed by atoms with Gasteiger partial charge < -0.3 is 15.4 Å². The second kappa shape index (κ2) is 7.09. The van der Waals surface area contributed by atoms with Crippen molar-refractivity contribution in [1.29, 1.82) is 5.26 Å². The van der Waals surface area contributed by atoms with Gasteiger partial charge >= 0.3 is 6.03 Å². The van der Waals surface area contributed by atoms with Crippen molar-refractivity contribution in [3.63, 3.8) is 0 Å². The highest BCUT2D eigenvalue weighted by molar-refractivity contribution is 5.88. The van der Waals surface area contributed by atoms with Crippen LogP contribution in [0, 0.1) is 11.3 Å². The first-order valence-corrected chi connectivity index (χ1v) is 5.33. The molecule has 0 saturated carbocycles. The van der Waals surface area contributed by atoms with E-state index in [2.05, 4.69) is 20.9 Å². The summed E-state index contributed by atoms with van der Waals surface area (Å²) in [7, 11) is 3.11. The summed E-state index contributed by atoms with van der Waals surface area (Å²) in [6, 6.07) is 3.26. The number of amides is 2. The molecule has 1 rings (SSSR count). The maximum absolute atomic E-state index is 11.1. The number of urea groups is 1. The van der Waals surface area contributed by atoms with E-state index in [1.807, 2.05) is 6.07 Å². The Morgan fingerprint density at radius 3 is 3.00 bits per heavy atom. The number of anilines is 2. The standard InChI is InChI=1S/C11H15N5O2/c1-13-11(17)16-10-5-9(14-3-4-18-2)8(6-12)7-15-10/h5,7H,3-4H2,1-2H3,(H3,13,14,15,16,17). The van der Waals surface area contributed by atoms with Crippen molar-refractivity contribution in [3.8, 4) is 6.07 Å². The van der Waals surface area contributed by atoms with Crippen molar-refractivity contribution in [2.45, 2.75) is 0 Å². The molecule has 18 heavy (non-hydrogen) atoms. The number of nitrogens with one attached hydrogen (secondary N) is 3. The Hall–Kier alpha value is -2.33. The van der Waals surface area contributed by atoms with Crippen molar-refractivity contribution in [2.75, 3.05) is 37.9 Å². The predicted octanol–water partition coefficient (Wildman–Crippen LogP) is 0.763. The average molecular weight is 249 g/mol. The number of ether oxygens (including phenoxy) is 1. The Morgan fingerprint density at radius 2 is 2.39 bits per heavy atom. The maximum Gasteiger partial charge on any atom is 0.320 e. The van der Waals surface area contributed by atoms with Gasteiger partial charge in [-0.1, -0.05) is 0 Å². The summed E-state index contributed by atoms with van der Waals surface area (Å²) in [5.41, 5.74) is 1.02. The first-order chi connectivity index (χ1) is 8.71. The zero-order valence-electron chi connectivity index (χ0n) is 10.3. The van der Waals surface area contributed by atoms with E-state index in [0.29, 0.717) is 30.2 Å². The third kappa shape index (κ3) is 3.92. The smallest absolute Gasteiger partial charge is 0.320 e. The van der Waals surface area contributed by atoms with Crippen LogP contribution in [-0.4, -0.2) is 38.3 Å². The largest absolute Gasteiger partial charge is 0.383 e. The fourth-order valence-corrected chi connectivity index (χ4v) is 1.23. The van der Waals surface area contributed by atoms with Crippen LogP contribution in [-0.2, 0) is 4.74 Å². The summed E-state index contributed by atoms with van der Waals surface area (Å²) < 4.78 is 4.91. The van der Waals surface area contributed by atoms with Crippen LogP contribution in [0.3, 0.4) is 0 Å². The van der Waals surface area contributed by atoms with Crippen LogP contribution < -0.4 is 16.0 Å². The molecule has 0 aliphatic rings. The molecule has 0 spiro atoms. The maximum atomic E-state index is 11.1. The van der Waals surface area contributed by atoms with Crippen LogP contribution in [0.2, 0.25) is 0 Å². The quantitative estimate of drug-likeness (QED) is 0.669. The zero-order chi connectivity index (χ0) is 13.4. The first-order valence-electron chi connectivity index (χ1n) is 5.33. The minimum absolute atomic E-state index is 0.366. The normalized spacial score (nSPS) is 9.39. The lowest BCUT2D eigenvalue weighted by Crippen LogP contribution is -2.25. The number of carbonyl (C=O) groups excluding carboxylic acids is 1. The minimum Gasteiger partial charge on any atom is -0.383 e. The van der Waals surface area contributed by atoms with Crippen LogP contribution in [0.4, 0.5) is 16.3 Å². The molecule has 1 aromatic heterocycles. The number of nitrogens with zero attached hydrogens (tertiary/aromatic N) is 2. The number of aromatic nitrogens is 1. The predicted molar refractivity (Wildman–Crippen MR) is 67.4 cm³/mol. The van der Waals surface area contributed by atoms with Crippen LogP contribution in [0.25, 0.3) is 0 Å². The summed E-state index contributed by atoms with van der Waals surface area (Å²) >= 11 is 0. The van der Waals surface area contributed by atoms with Crippen molar-refractivity contribution < 1.29 is 9.53 Å². The van der Waals surface area contributed by atoms with Gasteiger partial charge in [-0.3, -0.25) is 5.32 Å². The highest BCUT2D eigenvalue weighted by Gasteiger charge is 2.06. The number of nitriles is 1. The van der Waals surface area contributed by atoms with Gasteiger partial charge in [0.2, 0.25) is 0 Å². The lowest BCUT2D eigenvalue weighted by atomic mass is 10.2. The third-order valence-corrected chi connectivity index (χ3v) is 2.11. The van der Waals surface area contributed by atoms with E-state index in [1.54, 1.807) is 13.2 Å². The lowest BCUT2D eigenvalue weighted by Gasteiger charge is -2.09. The Bertz CT molecular complexity index is 455. The topological polar surface area (TPSA) is 99.1 Å². The molecular weight excluding hydrogens is 234 g/mol. The Balaban J connectivity index is 2.81. The van der Waals surface area contributed by atoms with Crippen molar-refractivity contribution in [3.05, 3.63) is 17.8 Å². The van der Waals surface area contributed by atoms with E-state index < -0.39 is 0 Å². The number of rotatable bonds is 5. The van der Waals surface area contributed by atoms with Gasteiger partial charge in [0, 0.05) is 33.0 Å². The number of methoxy groups -OCH3 is 1. The van der Waals surface area contributed by atoms with Gasteiger partial charge in [0.05, 0.1) is 17.9 Å². The molecule has 0 aliphatic carbocycles. The summed E-state index contributed by atoms with van der Waals surface area (Å²) in [6.45, 7) is 1.08. The minimum atomic E-state index is -0.366. The fraction of sp³-hybridized carbons (Fsp3) is 0.364. The Kier molecular flexibility index (Phi) is 5.41. The molecule has 7 nitrogen and oxygen atoms in total. The van der Waals surface area contributed by atoms with E-state index in [0.717, 1.165) is 0 Å². The van der Waals surface area contributed by atoms with Gasteiger partial charge in [-0.25, -0.2) is 9.78 Å². The molecule has 0 saturated heterocycles. The molecule has 0 bridgehead atoms. The van der Waals surface area contributed by atoms with E-state index in [9.17, 15) is 4.79 Å². The third-order valence-electron chi connectivity index (χ3n) is 2.11. The number of hydrogen-bond donors (Lipinski definition) is 3. The highest BCUT2D eigenvalue weighted by Crippen LogP contribution is 2.17. The second-order valence-electron chi connectivity index (χ2n) is 3.35. The van der Waals surface area contributed by atoms with Crippen molar-refractivity contribution in [2.24, 2.45) is 0 Å². The van der Waals surface area contributed by atoms with Gasteiger partial charge in [-0.2, -0.15) is 5.26 Å². The van der Waals surface area contributed by atoms with Crippen LogP contribution >= 0.6 is 0 Å². The van der Waals surface area contributed by atoms with Gasteiger partial charge in [-0.05, 0) is 0 Å². The molecule has 2 amide bonds. The molecule has 0 radical (unpaired) electrons. The molecule has 0 atom stereocenters. The lowest BCUT2D eigenvalue weighted by molar-refractivity contribution is 0.211. The molecule has 0 aromatic carbocycles. The van der Waals surface area contributed by atoms with Crippen molar-refractivity contribution in [1.82, 2.24) is 10.3 Å². The summed E-state index contributed by atoms with van der Waals surface area (Å²) in [6.07, 6.45) is 1.40. The van der Waals surface area contributed by atoms with Gasteiger partial charge in [0.15, 0.2) is 0 Å². The van der Waals surface area contributed by atoms with Crippen LogP contribution in [0.5, 0.6) is 0 Å². The van der Waals surface area contributed by atoms with E-state index in [1.165, 1.54) is 13.2 Å².